The topological polar surface area (TPSA) is 23.6 Å². The van der Waals surface area contributed by atoms with Crippen LogP contribution in [0.4, 0.5) is 11.4 Å². The lowest BCUT2D eigenvalue weighted by Gasteiger charge is -2.20. The van der Waals surface area contributed by atoms with Crippen LogP contribution in [0.5, 0.6) is 0 Å². The van der Waals surface area contributed by atoms with Gasteiger partial charge in [0, 0.05) is 49.5 Å². The van der Waals surface area contributed by atoms with Crippen molar-refractivity contribution in [3.05, 3.63) is 70.8 Å². The van der Waals surface area contributed by atoms with Crippen molar-refractivity contribution in [2.45, 2.75) is 40.5 Å². The molecule has 0 atom stereocenters. The summed E-state index contributed by atoms with van der Waals surface area (Å²) in [5.74, 6) is 0.244. The Bertz CT molecular complexity index is 899. The molecule has 0 bridgehead atoms. The van der Waals surface area contributed by atoms with E-state index in [9.17, 15) is 4.79 Å². The maximum Gasteiger partial charge on any atom is 0.163 e. The summed E-state index contributed by atoms with van der Waals surface area (Å²) >= 11 is 0. The summed E-state index contributed by atoms with van der Waals surface area (Å²) in [6.07, 6.45) is 5.50. The highest BCUT2D eigenvalue weighted by molar-refractivity contribution is 6.05. The van der Waals surface area contributed by atoms with Crippen LogP contribution in [0, 0.1) is 0 Å². The number of anilines is 2. The number of ketones is 1. The van der Waals surface area contributed by atoms with Gasteiger partial charge < -0.3 is 9.80 Å². The largest absolute Gasteiger partial charge is 0.372 e. The molecule has 1 aliphatic rings. The molecule has 0 amide bonds. The second-order valence-electron chi connectivity index (χ2n) is 7.78. The van der Waals surface area contributed by atoms with E-state index in [1.54, 1.807) is 0 Å². The number of hydrogen-bond donors (Lipinski definition) is 0. The van der Waals surface area contributed by atoms with E-state index in [-0.39, 0.29) is 5.78 Å². The second kappa shape index (κ2) is 10.3. The van der Waals surface area contributed by atoms with Crippen LogP contribution in [-0.4, -0.2) is 32.0 Å². The quantitative estimate of drug-likeness (QED) is 0.491. The normalized spacial score (nSPS) is 16.5. The van der Waals surface area contributed by atoms with Crippen LogP contribution in [0.3, 0.4) is 0 Å². The molecule has 0 spiro atoms. The smallest absolute Gasteiger partial charge is 0.163 e. The number of nitrogens with zero attached hydrogens (tertiary/aromatic N) is 2. The van der Waals surface area contributed by atoms with E-state index in [2.05, 4.69) is 98.2 Å². The number of carbonyl (C=O) groups is 1. The molecule has 158 valence electrons. The highest BCUT2D eigenvalue weighted by atomic mass is 16.1. The monoisotopic (exact) mass is 402 g/mol. The van der Waals surface area contributed by atoms with E-state index in [1.807, 2.05) is 0 Å². The Hall–Kier alpha value is -2.81. The molecule has 0 aromatic heterocycles. The van der Waals surface area contributed by atoms with E-state index in [0.717, 1.165) is 43.7 Å². The van der Waals surface area contributed by atoms with Gasteiger partial charge in [-0.3, -0.25) is 4.79 Å². The third kappa shape index (κ3) is 5.21. The van der Waals surface area contributed by atoms with E-state index >= 15 is 0 Å². The molecule has 0 N–H and O–H groups in total. The molecule has 0 radical (unpaired) electrons. The molecular formula is C27H34N2O. The Kier molecular flexibility index (Phi) is 7.51. The number of allylic oxidation sites excluding steroid dienone is 2. The van der Waals surface area contributed by atoms with Crippen LogP contribution in [-0.2, 0) is 4.79 Å². The fraction of sp³-hybridized carbons (Fsp3) is 0.370. The van der Waals surface area contributed by atoms with Crippen molar-refractivity contribution >= 4 is 29.3 Å². The molecule has 1 fully saturated rings. The van der Waals surface area contributed by atoms with Gasteiger partial charge in [-0.05, 0) is 75.6 Å². The van der Waals surface area contributed by atoms with Crippen molar-refractivity contribution in [3.8, 4) is 0 Å². The second-order valence-corrected chi connectivity index (χ2v) is 7.78. The zero-order valence-corrected chi connectivity index (χ0v) is 18.8. The average molecular weight is 403 g/mol. The van der Waals surface area contributed by atoms with Gasteiger partial charge in [0.1, 0.15) is 0 Å². The van der Waals surface area contributed by atoms with Crippen molar-refractivity contribution in [1.29, 1.82) is 0 Å². The number of Topliss-reactive ketones (excluding diaryl/α,β-unsaturated/α-hetero) is 1. The lowest BCUT2D eigenvalue weighted by Crippen LogP contribution is -2.21. The molecule has 1 aliphatic carbocycles. The van der Waals surface area contributed by atoms with Crippen LogP contribution in [0.2, 0.25) is 0 Å². The van der Waals surface area contributed by atoms with Crippen molar-refractivity contribution in [2.75, 3.05) is 36.0 Å². The summed E-state index contributed by atoms with van der Waals surface area (Å²) in [5, 5.41) is 0. The molecule has 3 nitrogen and oxygen atoms in total. The number of benzene rings is 2. The van der Waals surface area contributed by atoms with Crippen molar-refractivity contribution in [3.63, 3.8) is 0 Å². The van der Waals surface area contributed by atoms with Crippen LogP contribution >= 0.6 is 0 Å². The summed E-state index contributed by atoms with van der Waals surface area (Å²) in [4.78, 5) is 17.2. The summed E-state index contributed by atoms with van der Waals surface area (Å²) in [6, 6.07) is 17.2. The lowest BCUT2D eigenvalue weighted by molar-refractivity contribution is -0.114. The molecule has 2 aromatic carbocycles. The predicted molar refractivity (Wildman–Crippen MR) is 130 cm³/mol. The maximum absolute atomic E-state index is 12.5. The van der Waals surface area contributed by atoms with Gasteiger partial charge in [0.15, 0.2) is 5.78 Å². The lowest BCUT2D eigenvalue weighted by atomic mass is 10.1. The summed E-state index contributed by atoms with van der Waals surface area (Å²) in [6.45, 7) is 12.7. The summed E-state index contributed by atoms with van der Waals surface area (Å²) < 4.78 is 0. The molecule has 1 saturated carbocycles. The van der Waals surface area contributed by atoms with E-state index < -0.39 is 0 Å². The first-order chi connectivity index (χ1) is 14.6. The molecule has 30 heavy (non-hydrogen) atoms. The van der Waals surface area contributed by atoms with Crippen LogP contribution < -0.4 is 9.80 Å². The fourth-order valence-corrected chi connectivity index (χ4v) is 4.14. The average Bonchev–Trinajstić information content (AvgIpc) is 3.10. The summed E-state index contributed by atoms with van der Waals surface area (Å²) in [5.41, 5.74) is 6.85. The molecule has 0 heterocycles. The van der Waals surface area contributed by atoms with Crippen molar-refractivity contribution in [1.82, 2.24) is 0 Å². The van der Waals surface area contributed by atoms with Gasteiger partial charge in [-0.2, -0.15) is 0 Å². The SMILES string of the molecule is CCN(CC)c1ccc(C=C2CC(=O)C(=Cc3ccc(N(CC)CC)cc3)C2)cc1. The van der Waals surface area contributed by atoms with Gasteiger partial charge in [-0.25, -0.2) is 0 Å². The molecular weight excluding hydrogens is 368 g/mol. The van der Waals surface area contributed by atoms with Gasteiger partial charge in [0.25, 0.3) is 0 Å². The van der Waals surface area contributed by atoms with Gasteiger partial charge in [-0.15, -0.1) is 0 Å². The third-order valence-corrected chi connectivity index (χ3v) is 5.92. The Balaban J connectivity index is 1.71. The Morgan fingerprint density at radius 3 is 1.53 bits per heavy atom. The maximum atomic E-state index is 12.5. The fourth-order valence-electron chi connectivity index (χ4n) is 4.14. The van der Waals surface area contributed by atoms with Gasteiger partial charge in [-0.1, -0.05) is 35.9 Å². The summed E-state index contributed by atoms with van der Waals surface area (Å²) in [7, 11) is 0. The first-order valence-electron chi connectivity index (χ1n) is 11.2. The highest BCUT2D eigenvalue weighted by Crippen LogP contribution is 2.30. The Morgan fingerprint density at radius 2 is 1.10 bits per heavy atom. The highest BCUT2D eigenvalue weighted by Gasteiger charge is 2.21. The minimum Gasteiger partial charge on any atom is -0.372 e. The first kappa shape index (κ1) is 21.9. The molecule has 0 aliphatic heterocycles. The van der Waals surface area contributed by atoms with Gasteiger partial charge in [0.2, 0.25) is 0 Å². The Labute approximate surface area is 181 Å². The zero-order valence-electron chi connectivity index (χ0n) is 18.8. The Morgan fingerprint density at radius 1 is 0.667 bits per heavy atom. The van der Waals surface area contributed by atoms with Crippen molar-refractivity contribution in [2.24, 2.45) is 0 Å². The molecule has 2 aromatic rings. The number of rotatable bonds is 8. The van der Waals surface area contributed by atoms with E-state index in [1.165, 1.54) is 22.5 Å². The third-order valence-electron chi connectivity index (χ3n) is 5.92. The van der Waals surface area contributed by atoms with E-state index in [4.69, 9.17) is 0 Å². The van der Waals surface area contributed by atoms with Crippen LogP contribution in [0.25, 0.3) is 12.2 Å². The predicted octanol–water partition coefficient (Wildman–Crippen LogP) is 6.21. The molecule has 3 rings (SSSR count). The van der Waals surface area contributed by atoms with E-state index in [0.29, 0.717) is 6.42 Å². The molecule has 0 unspecified atom stereocenters. The molecule has 0 saturated heterocycles. The van der Waals surface area contributed by atoms with Crippen LogP contribution in [0.1, 0.15) is 51.7 Å². The minimum atomic E-state index is 0.244. The zero-order chi connectivity index (χ0) is 21.5. The van der Waals surface area contributed by atoms with Crippen molar-refractivity contribution < 1.29 is 4.79 Å². The number of carbonyl (C=O) groups excluding carboxylic acids is 1. The van der Waals surface area contributed by atoms with Crippen LogP contribution in [0.15, 0.2) is 59.7 Å². The van der Waals surface area contributed by atoms with Gasteiger partial charge >= 0.3 is 0 Å². The first-order valence-corrected chi connectivity index (χ1v) is 11.2. The van der Waals surface area contributed by atoms with Gasteiger partial charge in [0.05, 0.1) is 0 Å². The minimum absolute atomic E-state index is 0.244. The standard InChI is InChI=1S/C27H34N2O/c1-5-28(6-2)25-13-9-21(10-14-25)17-23-19-24(27(30)20-23)18-22-11-15-26(16-12-22)29(7-3)8-4/h9-18H,5-8,19-20H2,1-4H3. The molecule has 3 heteroatoms. The number of hydrogen-bond acceptors (Lipinski definition) is 3.